The Labute approximate surface area is 204 Å². The van der Waals surface area contributed by atoms with Crippen molar-refractivity contribution in [1.82, 2.24) is 15.1 Å². The van der Waals surface area contributed by atoms with Crippen LogP contribution >= 0.6 is 0 Å². The second-order valence-electron chi connectivity index (χ2n) is 9.51. The maximum Gasteiger partial charge on any atom is 0.394 e. The summed E-state index contributed by atoms with van der Waals surface area (Å²) in [6.45, 7) is 3.82. The van der Waals surface area contributed by atoms with Gasteiger partial charge in [-0.05, 0) is 30.7 Å². The zero-order valence-electron chi connectivity index (χ0n) is 20.6. The number of aliphatic hydroxyl groups excluding tert-OH is 1. The molecule has 0 saturated carbocycles. The molecule has 2 heterocycles. The van der Waals surface area contributed by atoms with Gasteiger partial charge in [-0.3, -0.25) is 14.5 Å². The fourth-order valence-corrected chi connectivity index (χ4v) is 4.56. The van der Waals surface area contributed by atoms with E-state index in [0.717, 1.165) is 18.7 Å². The molecule has 35 heavy (non-hydrogen) atoms. The molecule has 2 aliphatic heterocycles. The van der Waals surface area contributed by atoms with E-state index in [4.69, 9.17) is 4.74 Å². The van der Waals surface area contributed by atoms with E-state index < -0.39 is 11.7 Å². The van der Waals surface area contributed by atoms with Crippen LogP contribution in [-0.4, -0.2) is 105 Å². The van der Waals surface area contributed by atoms with Gasteiger partial charge in [0.1, 0.15) is 5.75 Å². The summed E-state index contributed by atoms with van der Waals surface area (Å²) in [5.74, 6) is -0.162. The number of nitrogens with zero attached hydrogens (tertiary/aromatic N) is 3. The van der Waals surface area contributed by atoms with E-state index in [1.165, 1.54) is 17.0 Å². The van der Waals surface area contributed by atoms with Crippen LogP contribution in [0.3, 0.4) is 0 Å². The molecule has 3 rings (SSSR count). The number of hydrogen-bond donors (Lipinski definition) is 2. The van der Waals surface area contributed by atoms with Gasteiger partial charge in [0.05, 0.1) is 18.8 Å². The standard InChI is InChI=1S/C24H36F2N4O5/c1-23(25,26)35-20-6-4-18(5-7-20)29-11-9-24(16-29)17-30(12-13-34-24)19(15-31)14-21(32)27-10-8-22(33)28(2)3/h4-7,19,31H,8-17H2,1-3H3,(H,27,32). The van der Waals surface area contributed by atoms with Crippen LogP contribution in [0.1, 0.15) is 26.2 Å². The Morgan fingerprint density at radius 3 is 2.60 bits per heavy atom. The molecule has 11 heteroatoms. The molecule has 9 nitrogen and oxygen atoms in total. The Morgan fingerprint density at radius 1 is 1.26 bits per heavy atom. The number of carbonyl (C=O) groups excluding carboxylic acids is 2. The topological polar surface area (TPSA) is 94.6 Å². The summed E-state index contributed by atoms with van der Waals surface area (Å²) < 4.78 is 36.9. The maximum atomic E-state index is 13.1. The highest BCUT2D eigenvalue weighted by Crippen LogP contribution is 2.34. The Balaban J connectivity index is 1.53. The van der Waals surface area contributed by atoms with Crippen molar-refractivity contribution in [2.75, 3.05) is 64.9 Å². The molecule has 0 bridgehead atoms. The van der Waals surface area contributed by atoms with Gasteiger partial charge in [0.15, 0.2) is 0 Å². The van der Waals surface area contributed by atoms with Crippen LogP contribution in [0.2, 0.25) is 0 Å². The number of carbonyl (C=O) groups is 2. The van der Waals surface area contributed by atoms with Crippen LogP contribution in [0.5, 0.6) is 5.75 Å². The SMILES string of the molecule is CN(C)C(=O)CCNC(=O)CC(CO)N1CCOC2(CCN(c3ccc(OC(C)(F)F)cc3)C2)C1. The summed E-state index contributed by atoms with van der Waals surface area (Å²) in [4.78, 5) is 29.8. The van der Waals surface area contributed by atoms with Crippen LogP contribution in [0.4, 0.5) is 14.5 Å². The minimum atomic E-state index is -3.23. The molecule has 1 aromatic rings. The number of hydrogen-bond acceptors (Lipinski definition) is 7. The van der Waals surface area contributed by atoms with Crippen molar-refractivity contribution in [3.05, 3.63) is 24.3 Å². The molecule has 2 N–H and O–H groups in total. The van der Waals surface area contributed by atoms with Crippen molar-refractivity contribution >= 4 is 17.5 Å². The Kier molecular flexibility index (Phi) is 8.89. The minimum Gasteiger partial charge on any atom is -0.433 e. The van der Waals surface area contributed by atoms with Crippen molar-refractivity contribution in [2.24, 2.45) is 0 Å². The van der Waals surface area contributed by atoms with Gasteiger partial charge < -0.3 is 29.7 Å². The number of alkyl halides is 2. The molecule has 2 unspecified atom stereocenters. The van der Waals surface area contributed by atoms with Crippen molar-refractivity contribution < 1.29 is 33.0 Å². The lowest BCUT2D eigenvalue weighted by Gasteiger charge is -2.43. The van der Waals surface area contributed by atoms with Crippen LogP contribution in [0.25, 0.3) is 0 Å². The minimum absolute atomic E-state index is 0.0598. The van der Waals surface area contributed by atoms with Gasteiger partial charge in [0.2, 0.25) is 11.8 Å². The van der Waals surface area contributed by atoms with Gasteiger partial charge in [0.25, 0.3) is 0 Å². The molecule has 0 aromatic heterocycles. The molecule has 2 amide bonds. The van der Waals surface area contributed by atoms with Crippen LogP contribution in [0.15, 0.2) is 24.3 Å². The quantitative estimate of drug-likeness (QED) is 0.502. The first kappa shape index (κ1) is 27.1. The number of nitrogens with one attached hydrogen (secondary N) is 1. The van der Waals surface area contributed by atoms with Gasteiger partial charge in [-0.25, -0.2) is 0 Å². The molecule has 196 valence electrons. The van der Waals surface area contributed by atoms with E-state index in [0.29, 0.717) is 33.2 Å². The van der Waals surface area contributed by atoms with E-state index >= 15 is 0 Å². The molecule has 0 aliphatic carbocycles. The van der Waals surface area contributed by atoms with Gasteiger partial charge in [-0.2, -0.15) is 8.78 Å². The monoisotopic (exact) mass is 498 g/mol. The summed E-state index contributed by atoms with van der Waals surface area (Å²) in [6.07, 6.45) is -2.10. The van der Waals surface area contributed by atoms with Crippen LogP contribution in [-0.2, 0) is 14.3 Å². The maximum absolute atomic E-state index is 13.1. The number of benzene rings is 1. The number of rotatable bonds is 10. The lowest BCUT2D eigenvalue weighted by molar-refractivity contribution is -0.159. The van der Waals surface area contributed by atoms with E-state index in [2.05, 4.69) is 19.9 Å². The third-order valence-corrected chi connectivity index (χ3v) is 6.40. The average Bonchev–Trinajstić information content (AvgIpc) is 3.19. The largest absolute Gasteiger partial charge is 0.433 e. The third kappa shape index (κ3) is 7.74. The molecule has 0 radical (unpaired) electrons. The second-order valence-corrected chi connectivity index (χ2v) is 9.51. The summed E-state index contributed by atoms with van der Waals surface area (Å²) in [6, 6.07) is 6.21. The number of amides is 2. The van der Waals surface area contributed by atoms with Crippen molar-refractivity contribution in [2.45, 2.75) is 43.9 Å². The summed E-state index contributed by atoms with van der Waals surface area (Å²) in [7, 11) is 3.34. The molecule has 2 saturated heterocycles. The number of aliphatic hydroxyl groups is 1. The number of halogens is 2. The molecule has 2 aliphatic rings. The Morgan fingerprint density at radius 2 is 1.97 bits per heavy atom. The van der Waals surface area contributed by atoms with Crippen LogP contribution < -0.4 is 15.0 Å². The Hall–Kier alpha value is -2.50. The van der Waals surface area contributed by atoms with E-state index in [1.54, 1.807) is 26.2 Å². The summed E-state index contributed by atoms with van der Waals surface area (Å²) in [5.41, 5.74) is 0.450. The van der Waals surface area contributed by atoms with Crippen molar-refractivity contribution in [1.29, 1.82) is 0 Å². The zero-order valence-corrected chi connectivity index (χ0v) is 20.6. The van der Waals surface area contributed by atoms with E-state index in [-0.39, 0.29) is 49.6 Å². The molecule has 1 spiro atoms. The predicted octanol–water partition coefficient (Wildman–Crippen LogP) is 1.30. The normalized spacial score (nSPS) is 21.7. The lowest BCUT2D eigenvalue weighted by atomic mass is 9.98. The Bertz CT molecular complexity index is 864. The van der Waals surface area contributed by atoms with Crippen molar-refractivity contribution in [3.8, 4) is 5.75 Å². The molecule has 2 fully saturated rings. The highest BCUT2D eigenvalue weighted by atomic mass is 19.3. The highest BCUT2D eigenvalue weighted by Gasteiger charge is 2.44. The third-order valence-electron chi connectivity index (χ3n) is 6.40. The number of anilines is 1. The number of ether oxygens (including phenoxy) is 2. The predicted molar refractivity (Wildman–Crippen MR) is 127 cm³/mol. The lowest BCUT2D eigenvalue weighted by Crippen LogP contribution is -2.57. The second kappa shape index (κ2) is 11.5. The zero-order chi connectivity index (χ0) is 25.6. The molecule has 2 atom stereocenters. The van der Waals surface area contributed by atoms with E-state index in [9.17, 15) is 23.5 Å². The van der Waals surface area contributed by atoms with E-state index in [1.807, 2.05) is 0 Å². The highest BCUT2D eigenvalue weighted by molar-refractivity contribution is 5.79. The fraction of sp³-hybridized carbons (Fsp3) is 0.667. The summed E-state index contributed by atoms with van der Waals surface area (Å²) in [5, 5.41) is 12.7. The molecular formula is C24H36F2N4O5. The van der Waals surface area contributed by atoms with Gasteiger partial charge >= 0.3 is 6.11 Å². The van der Waals surface area contributed by atoms with Gasteiger partial charge in [-0.15, -0.1) is 0 Å². The van der Waals surface area contributed by atoms with Gasteiger partial charge in [0, 0.05) is 78.3 Å². The first-order chi connectivity index (χ1) is 16.5. The summed E-state index contributed by atoms with van der Waals surface area (Å²) >= 11 is 0. The van der Waals surface area contributed by atoms with Crippen molar-refractivity contribution in [3.63, 3.8) is 0 Å². The van der Waals surface area contributed by atoms with Gasteiger partial charge in [-0.1, -0.05) is 0 Å². The number of morpholine rings is 1. The smallest absolute Gasteiger partial charge is 0.394 e. The average molecular weight is 499 g/mol. The molecular weight excluding hydrogens is 462 g/mol. The first-order valence-electron chi connectivity index (χ1n) is 11.9. The molecule has 1 aromatic carbocycles. The first-order valence-corrected chi connectivity index (χ1v) is 11.9. The van der Waals surface area contributed by atoms with Crippen LogP contribution in [0, 0.1) is 0 Å². The fourth-order valence-electron chi connectivity index (χ4n) is 4.56.